The van der Waals surface area contributed by atoms with E-state index in [0.717, 1.165) is 26.0 Å². The predicted molar refractivity (Wildman–Crippen MR) is 40.5 cm³/mol. The maximum Gasteiger partial charge on any atom is 0.373 e. The molecule has 0 aromatic rings. The van der Waals surface area contributed by atoms with Crippen LogP contribution in [0.5, 0.6) is 0 Å². The summed E-state index contributed by atoms with van der Waals surface area (Å²) in [4.78, 5) is 21.6. The molecule has 0 aliphatic heterocycles. The molecule has 0 saturated heterocycles. The lowest BCUT2D eigenvalue weighted by Gasteiger charge is -1.95. The largest absolute Gasteiger partial charge is 0.502 e. The molecule has 4 heteroatoms. The first-order valence-electron chi connectivity index (χ1n) is 3.68. The highest BCUT2D eigenvalue weighted by Gasteiger charge is 2.28. The fraction of sp³-hybridized carbons (Fsp3) is 0.500. The zero-order valence-corrected chi connectivity index (χ0v) is 6.74. The number of aliphatic hydroxyl groups excluding tert-OH is 1. The van der Waals surface area contributed by atoms with Crippen LogP contribution in [0.3, 0.4) is 0 Å². The van der Waals surface area contributed by atoms with Gasteiger partial charge in [-0.05, 0) is 12.8 Å². The first kappa shape index (κ1) is 8.77. The van der Waals surface area contributed by atoms with Gasteiger partial charge in [0.15, 0.2) is 5.78 Å². The van der Waals surface area contributed by atoms with Crippen LogP contribution in [-0.4, -0.2) is 24.0 Å². The van der Waals surface area contributed by atoms with Crippen molar-refractivity contribution < 1.29 is 19.4 Å². The summed E-state index contributed by atoms with van der Waals surface area (Å²) in [6, 6.07) is 0. The normalized spacial score (nSPS) is 17.2. The van der Waals surface area contributed by atoms with Gasteiger partial charge in [-0.1, -0.05) is 0 Å². The number of aliphatic hydroxyl groups is 1. The average Bonchev–Trinajstić information content (AvgIpc) is 2.84. The molecular formula is C8H10O4. The zero-order valence-electron chi connectivity index (χ0n) is 6.74. The third-order valence-corrected chi connectivity index (χ3v) is 1.65. The minimum atomic E-state index is -0.871. The van der Waals surface area contributed by atoms with E-state index in [4.69, 9.17) is 5.11 Å². The van der Waals surface area contributed by atoms with Crippen LogP contribution in [0.15, 0.2) is 11.8 Å². The molecular weight excluding hydrogens is 160 g/mol. The maximum atomic E-state index is 11.0. The number of esters is 1. The van der Waals surface area contributed by atoms with Crippen LogP contribution in [-0.2, 0) is 14.3 Å². The standard InChI is InChI=1S/C8H10O4/c1-12-8(11)7(10)4-6(9)5-2-3-5/h4-5,10H,2-3H2,1H3/b7-4-. The second-order valence-electron chi connectivity index (χ2n) is 2.70. The smallest absolute Gasteiger partial charge is 0.373 e. The monoisotopic (exact) mass is 170 g/mol. The predicted octanol–water partition coefficient (Wildman–Crippen LogP) is 0.580. The summed E-state index contributed by atoms with van der Waals surface area (Å²) in [7, 11) is 1.15. The molecule has 4 nitrogen and oxygen atoms in total. The Morgan fingerprint density at radius 2 is 2.08 bits per heavy atom. The van der Waals surface area contributed by atoms with Gasteiger partial charge in [0.25, 0.3) is 0 Å². The molecule has 1 N–H and O–H groups in total. The SMILES string of the molecule is COC(=O)/C(O)=C/C(=O)C1CC1. The molecule has 0 radical (unpaired) electrons. The number of carbonyl (C=O) groups is 2. The van der Waals surface area contributed by atoms with Gasteiger partial charge in [0.1, 0.15) is 0 Å². The molecule has 0 amide bonds. The van der Waals surface area contributed by atoms with E-state index in [0.29, 0.717) is 0 Å². The Morgan fingerprint density at radius 3 is 2.50 bits per heavy atom. The van der Waals surface area contributed by atoms with Crippen LogP contribution in [0.4, 0.5) is 0 Å². The van der Waals surface area contributed by atoms with E-state index in [-0.39, 0.29) is 11.7 Å². The van der Waals surface area contributed by atoms with Gasteiger partial charge in [-0.15, -0.1) is 0 Å². The second-order valence-corrected chi connectivity index (χ2v) is 2.70. The number of allylic oxidation sites excluding steroid dienone is 1. The van der Waals surface area contributed by atoms with Crippen molar-refractivity contribution in [2.45, 2.75) is 12.8 Å². The highest BCUT2D eigenvalue weighted by atomic mass is 16.5. The molecule has 0 unspecified atom stereocenters. The van der Waals surface area contributed by atoms with E-state index in [2.05, 4.69) is 4.74 Å². The van der Waals surface area contributed by atoms with E-state index in [1.54, 1.807) is 0 Å². The summed E-state index contributed by atoms with van der Waals surface area (Å²) in [5.41, 5.74) is 0. The van der Waals surface area contributed by atoms with E-state index >= 15 is 0 Å². The van der Waals surface area contributed by atoms with E-state index in [1.165, 1.54) is 0 Å². The van der Waals surface area contributed by atoms with Crippen LogP contribution in [0.2, 0.25) is 0 Å². The van der Waals surface area contributed by atoms with Gasteiger partial charge in [0.2, 0.25) is 5.76 Å². The van der Waals surface area contributed by atoms with Gasteiger partial charge < -0.3 is 9.84 Å². The summed E-state index contributed by atoms with van der Waals surface area (Å²) in [5, 5.41) is 8.93. The van der Waals surface area contributed by atoms with E-state index in [1.807, 2.05) is 0 Å². The maximum absolute atomic E-state index is 11.0. The van der Waals surface area contributed by atoms with Crippen molar-refractivity contribution in [2.24, 2.45) is 5.92 Å². The molecule has 12 heavy (non-hydrogen) atoms. The van der Waals surface area contributed by atoms with Gasteiger partial charge in [0.05, 0.1) is 7.11 Å². The Labute approximate surface area is 69.8 Å². The molecule has 66 valence electrons. The summed E-state index contributed by atoms with van der Waals surface area (Å²) in [5.74, 6) is -1.67. The topological polar surface area (TPSA) is 63.6 Å². The van der Waals surface area contributed by atoms with Crippen molar-refractivity contribution >= 4 is 11.8 Å². The Bertz CT molecular complexity index is 237. The van der Waals surface area contributed by atoms with Gasteiger partial charge in [-0.2, -0.15) is 0 Å². The van der Waals surface area contributed by atoms with Crippen molar-refractivity contribution in [3.8, 4) is 0 Å². The number of methoxy groups -OCH3 is 1. The summed E-state index contributed by atoms with van der Waals surface area (Å²) in [6.07, 6.45) is 2.64. The Hall–Kier alpha value is -1.32. The highest BCUT2D eigenvalue weighted by molar-refractivity contribution is 5.99. The van der Waals surface area contributed by atoms with Crippen molar-refractivity contribution in [1.29, 1.82) is 0 Å². The Balaban J connectivity index is 2.53. The van der Waals surface area contributed by atoms with Crippen LogP contribution in [0.1, 0.15) is 12.8 Å². The number of rotatable bonds is 3. The van der Waals surface area contributed by atoms with Gasteiger partial charge >= 0.3 is 5.97 Å². The fourth-order valence-electron chi connectivity index (χ4n) is 0.784. The number of ketones is 1. The molecule has 1 rings (SSSR count). The number of hydrogen-bond acceptors (Lipinski definition) is 4. The molecule has 0 atom stereocenters. The number of carbonyl (C=O) groups excluding carboxylic acids is 2. The molecule has 0 spiro atoms. The van der Waals surface area contributed by atoms with Crippen LogP contribution >= 0.6 is 0 Å². The third kappa shape index (κ3) is 2.08. The van der Waals surface area contributed by atoms with Gasteiger partial charge in [-0.3, -0.25) is 4.79 Å². The van der Waals surface area contributed by atoms with Crippen LogP contribution < -0.4 is 0 Å². The van der Waals surface area contributed by atoms with Gasteiger partial charge in [0, 0.05) is 12.0 Å². The van der Waals surface area contributed by atoms with Crippen LogP contribution in [0, 0.1) is 5.92 Å². The molecule has 0 aromatic heterocycles. The van der Waals surface area contributed by atoms with E-state index < -0.39 is 11.7 Å². The first-order valence-corrected chi connectivity index (χ1v) is 3.68. The summed E-state index contributed by atoms with van der Waals surface area (Å²) < 4.78 is 4.20. The lowest BCUT2D eigenvalue weighted by Crippen LogP contribution is -2.07. The Morgan fingerprint density at radius 1 is 1.50 bits per heavy atom. The van der Waals surface area contributed by atoms with Crippen molar-refractivity contribution in [3.63, 3.8) is 0 Å². The average molecular weight is 170 g/mol. The second kappa shape index (κ2) is 3.38. The third-order valence-electron chi connectivity index (χ3n) is 1.65. The molecule has 0 bridgehead atoms. The number of hydrogen-bond donors (Lipinski definition) is 1. The van der Waals surface area contributed by atoms with Crippen LogP contribution in [0.25, 0.3) is 0 Å². The van der Waals surface area contributed by atoms with Crippen molar-refractivity contribution in [1.82, 2.24) is 0 Å². The molecule has 1 fully saturated rings. The number of ether oxygens (including phenoxy) is 1. The molecule has 1 aliphatic rings. The summed E-state index contributed by atoms with van der Waals surface area (Å²) in [6.45, 7) is 0. The first-order chi connectivity index (χ1) is 5.65. The molecule has 0 aromatic carbocycles. The minimum Gasteiger partial charge on any atom is -0.502 e. The molecule has 0 heterocycles. The van der Waals surface area contributed by atoms with E-state index in [9.17, 15) is 9.59 Å². The van der Waals surface area contributed by atoms with Crippen molar-refractivity contribution in [3.05, 3.63) is 11.8 Å². The van der Waals surface area contributed by atoms with Crippen molar-refractivity contribution in [2.75, 3.05) is 7.11 Å². The molecule has 1 saturated carbocycles. The summed E-state index contributed by atoms with van der Waals surface area (Å²) >= 11 is 0. The zero-order chi connectivity index (χ0) is 9.14. The molecule has 1 aliphatic carbocycles. The van der Waals surface area contributed by atoms with Gasteiger partial charge in [-0.25, -0.2) is 4.79 Å². The fourth-order valence-corrected chi connectivity index (χ4v) is 0.784. The quantitative estimate of drug-likeness (QED) is 0.382. The Kier molecular flexibility index (Phi) is 2.47. The lowest BCUT2D eigenvalue weighted by atomic mass is 10.2. The highest BCUT2D eigenvalue weighted by Crippen LogP contribution is 2.30. The minimum absolute atomic E-state index is 0.0109. The lowest BCUT2D eigenvalue weighted by molar-refractivity contribution is -0.139.